The second-order valence-corrected chi connectivity index (χ2v) is 7.40. The van der Waals surface area contributed by atoms with Crippen LogP contribution in [-0.4, -0.2) is 21.8 Å². The molecule has 1 aliphatic carbocycles. The number of phenolic OH excluding ortho intramolecular Hbond substituents is 2. The summed E-state index contributed by atoms with van der Waals surface area (Å²) >= 11 is 0. The lowest BCUT2D eigenvalue weighted by Gasteiger charge is -2.23. The predicted molar refractivity (Wildman–Crippen MR) is 123 cm³/mol. The van der Waals surface area contributed by atoms with Gasteiger partial charge in [0.05, 0.1) is 33.9 Å². The minimum absolute atomic E-state index is 0.0363. The van der Waals surface area contributed by atoms with Gasteiger partial charge in [-0.15, -0.1) is 0 Å². The van der Waals surface area contributed by atoms with Crippen LogP contribution in [-0.2, 0) is 0 Å². The first-order chi connectivity index (χ1) is 15.5. The second kappa shape index (κ2) is 7.59. The van der Waals surface area contributed by atoms with Crippen LogP contribution in [0.3, 0.4) is 0 Å². The summed E-state index contributed by atoms with van der Waals surface area (Å²) in [6.45, 7) is 0. The van der Waals surface area contributed by atoms with Gasteiger partial charge < -0.3 is 20.8 Å². The molecule has 0 unspecified atom stereocenters. The van der Waals surface area contributed by atoms with Gasteiger partial charge in [-0.05, 0) is 36.4 Å². The van der Waals surface area contributed by atoms with Gasteiger partial charge >= 0.3 is 0 Å². The number of carbonyl (C=O) groups is 2. The number of aromatic hydroxyl groups is 2. The van der Waals surface area contributed by atoms with Gasteiger partial charge in [-0.1, -0.05) is 48.5 Å². The molecule has 0 aliphatic heterocycles. The lowest BCUT2D eigenvalue weighted by molar-refractivity contribution is 0.0980. The van der Waals surface area contributed by atoms with E-state index in [0.717, 1.165) is 0 Å². The predicted octanol–water partition coefficient (Wildman–Crippen LogP) is 5.36. The lowest BCUT2D eigenvalue weighted by atomic mass is 9.82. The van der Waals surface area contributed by atoms with Crippen LogP contribution in [0.5, 0.6) is 11.5 Å². The molecule has 0 amide bonds. The number of hydrogen-bond acceptors (Lipinski definition) is 6. The number of phenols is 2. The summed E-state index contributed by atoms with van der Waals surface area (Å²) in [5, 5.41) is 26.4. The van der Waals surface area contributed by atoms with Gasteiger partial charge in [-0.2, -0.15) is 0 Å². The third kappa shape index (κ3) is 3.15. The van der Waals surface area contributed by atoms with Gasteiger partial charge in [0.1, 0.15) is 11.5 Å². The Morgan fingerprint density at radius 1 is 0.469 bits per heavy atom. The molecule has 0 saturated carbocycles. The van der Waals surface area contributed by atoms with Crippen LogP contribution in [0.1, 0.15) is 31.8 Å². The van der Waals surface area contributed by atoms with E-state index in [1.807, 2.05) is 0 Å². The highest BCUT2D eigenvalue weighted by Crippen LogP contribution is 2.38. The fourth-order valence-electron chi connectivity index (χ4n) is 3.90. The first-order valence-corrected chi connectivity index (χ1v) is 10.00. The molecule has 0 bridgehead atoms. The summed E-state index contributed by atoms with van der Waals surface area (Å²) in [5.74, 6) is -0.522. The average Bonchev–Trinajstić information content (AvgIpc) is 2.80. The van der Waals surface area contributed by atoms with Gasteiger partial charge in [0, 0.05) is 11.1 Å². The van der Waals surface area contributed by atoms with Crippen LogP contribution in [0.25, 0.3) is 0 Å². The summed E-state index contributed by atoms with van der Waals surface area (Å²) in [4.78, 5) is 27.0. The van der Waals surface area contributed by atoms with Crippen molar-refractivity contribution in [3.63, 3.8) is 0 Å². The molecule has 0 radical (unpaired) electrons. The maximum Gasteiger partial charge on any atom is 0.196 e. The molecular weight excluding hydrogens is 404 g/mol. The van der Waals surface area contributed by atoms with Crippen molar-refractivity contribution in [3.05, 3.63) is 107 Å². The van der Waals surface area contributed by atoms with Gasteiger partial charge in [0.2, 0.25) is 0 Å². The highest BCUT2D eigenvalue weighted by atomic mass is 16.3. The van der Waals surface area contributed by atoms with Gasteiger partial charge in [0.25, 0.3) is 0 Å². The van der Waals surface area contributed by atoms with Crippen molar-refractivity contribution >= 4 is 34.3 Å². The molecule has 4 aromatic carbocycles. The first-order valence-electron chi connectivity index (χ1n) is 10.00. The van der Waals surface area contributed by atoms with Crippen molar-refractivity contribution < 1.29 is 19.8 Å². The molecule has 4 aromatic rings. The zero-order chi connectivity index (χ0) is 22.2. The van der Waals surface area contributed by atoms with E-state index in [9.17, 15) is 19.8 Å². The van der Waals surface area contributed by atoms with E-state index >= 15 is 0 Å². The van der Waals surface area contributed by atoms with Gasteiger partial charge in [-0.25, -0.2) is 0 Å². The van der Waals surface area contributed by atoms with Crippen molar-refractivity contribution in [2.45, 2.75) is 0 Å². The lowest BCUT2D eigenvalue weighted by Crippen LogP contribution is -2.23. The monoisotopic (exact) mass is 422 g/mol. The number of ketones is 2. The van der Waals surface area contributed by atoms with Crippen molar-refractivity contribution in [1.82, 2.24) is 0 Å². The number of para-hydroxylation sites is 4. The third-order valence-electron chi connectivity index (χ3n) is 5.42. The fourth-order valence-corrected chi connectivity index (χ4v) is 3.90. The average molecular weight is 422 g/mol. The molecule has 0 heterocycles. The zero-order valence-corrected chi connectivity index (χ0v) is 16.8. The standard InChI is InChI=1S/C26H18N2O4/c29-21-13-3-1-9-17(21)27-19-11-5-7-15-23(19)25(31)16-8-6-12-20(24(16)26(15)32)28-18-10-2-4-14-22(18)30/h1-14,27-30H. The molecule has 0 aromatic heterocycles. The van der Waals surface area contributed by atoms with E-state index in [4.69, 9.17) is 0 Å². The number of benzene rings is 4. The van der Waals surface area contributed by atoms with Crippen molar-refractivity contribution in [2.24, 2.45) is 0 Å². The molecule has 0 atom stereocenters. The smallest absolute Gasteiger partial charge is 0.196 e. The highest BCUT2D eigenvalue weighted by Gasteiger charge is 2.33. The third-order valence-corrected chi connectivity index (χ3v) is 5.42. The Balaban J connectivity index is 1.60. The quantitative estimate of drug-likeness (QED) is 0.291. The normalized spacial score (nSPS) is 12.1. The van der Waals surface area contributed by atoms with Gasteiger partial charge in [-0.3, -0.25) is 9.59 Å². The van der Waals surface area contributed by atoms with Crippen molar-refractivity contribution in [3.8, 4) is 11.5 Å². The molecule has 5 rings (SSSR count). The maximum absolute atomic E-state index is 13.5. The van der Waals surface area contributed by atoms with E-state index in [2.05, 4.69) is 10.6 Å². The molecule has 0 saturated heterocycles. The summed E-state index contributed by atoms with van der Waals surface area (Å²) in [5.41, 5.74) is 2.80. The van der Waals surface area contributed by atoms with E-state index < -0.39 is 0 Å². The minimum Gasteiger partial charge on any atom is -0.506 e. The molecule has 4 N–H and O–H groups in total. The number of rotatable bonds is 4. The van der Waals surface area contributed by atoms with Crippen LogP contribution >= 0.6 is 0 Å². The highest BCUT2D eigenvalue weighted by molar-refractivity contribution is 6.32. The summed E-state index contributed by atoms with van der Waals surface area (Å²) < 4.78 is 0. The van der Waals surface area contributed by atoms with Crippen LogP contribution in [0.2, 0.25) is 0 Å². The SMILES string of the molecule is O=C1c2cccc(Nc3ccccc3O)c2C(=O)c2cccc(Nc3ccccc3O)c21. The Hall–Kier alpha value is -4.58. The number of anilines is 4. The topological polar surface area (TPSA) is 98.7 Å². The van der Waals surface area contributed by atoms with Crippen LogP contribution in [0, 0.1) is 0 Å². The largest absolute Gasteiger partial charge is 0.506 e. The molecular formula is C26H18N2O4. The number of hydrogen-bond donors (Lipinski definition) is 4. The molecule has 6 nitrogen and oxygen atoms in total. The molecule has 32 heavy (non-hydrogen) atoms. The molecule has 156 valence electrons. The maximum atomic E-state index is 13.5. The summed E-state index contributed by atoms with van der Waals surface area (Å²) in [6.07, 6.45) is 0. The molecule has 0 spiro atoms. The zero-order valence-electron chi connectivity index (χ0n) is 16.8. The molecule has 0 fully saturated rings. The van der Waals surface area contributed by atoms with Crippen LogP contribution in [0.4, 0.5) is 22.7 Å². The Morgan fingerprint density at radius 3 is 1.25 bits per heavy atom. The fraction of sp³-hybridized carbons (Fsp3) is 0. The Morgan fingerprint density at radius 2 is 0.844 bits per heavy atom. The number of carbonyl (C=O) groups excluding carboxylic acids is 2. The summed E-state index contributed by atoms with van der Waals surface area (Å²) in [6, 6.07) is 23.4. The van der Waals surface area contributed by atoms with Crippen molar-refractivity contribution in [1.29, 1.82) is 0 Å². The first kappa shape index (κ1) is 19.4. The van der Waals surface area contributed by atoms with Crippen LogP contribution in [0.15, 0.2) is 84.9 Å². The summed E-state index contributed by atoms with van der Waals surface area (Å²) in [7, 11) is 0. The van der Waals surface area contributed by atoms with E-state index in [0.29, 0.717) is 22.7 Å². The Labute approximate surface area is 183 Å². The second-order valence-electron chi connectivity index (χ2n) is 7.40. The Bertz CT molecular complexity index is 1290. The minimum atomic E-state index is -0.297. The van der Waals surface area contributed by atoms with E-state index in [1.54, 1.807) is 72.8 Å². The van der Waals surface area contributed by atoms with Crippen molar-refractivity contribution in [2.75, 3.05) is 10.6 Å². The molecule has 1 aliphatic rings. The van der Waals surface area contributed by atoms with Gasteiger partial charge in [0.15, 0.2) is 11.6 Å². The van der Waals surface area contributed by atoms with E-state index in [-0.39, 0.29) is 45.3 Å². The number of fused-ring (bicyclic) bond motifs is 2. The molecule has 6 heteroatoms. The van der Waals surface area contributed by atoms with E-state index in [1.165, 1.54) is 12.1 Å². The number of nitrogens with one attached hydrogen (secondary N) is 2. The Kier molecular flexibility index (Phi) is 4.60. The van der Waals surface area contributed by atoms with Crippen LogP contribution < -0.4 is 10.6 Å².